The van der Waals surface area contributed by atoms with Gasteiger partial charge in [0.05, 0.1) is 11.2 Å². The van der Waals surface area contributed by atoms with Gasteiger partial charge in [-0.05, 0) is 11.6 Å². The maximum absolute atomic E-state index is 11.3. The highest BCUT2D eigenvalue weighted by molar-refractivity contribution is 6.82. The molecule has 2 N–H and O–H groups in total. The number of carbonyl (C=O) groups is 2. The van der Waals surface area contributed by atoms with Crippen LogP contribution in [0.15, 0.2) is 23.2 Å². The molecule has 6 nitrogen and oxygen atoms in total. The van der Waals surface area contributed by atoms with E-state index >= 15 is 0 Å². The monoisotopic (exact) mass is 261 g/mol. The van der Waals surface area contributed by atoms with Crippen LogP contribution < -0.4 is 4.65 Å². The van der Waals surface area contributed by atoms with E-state index in [2.05, 4.69) is 4.99 Å². The van der Waals surface area contributed by atoms with Crippen LogP contribution in [0.2, 0.25) is 0 Å². The lowest BCUT2D eigenvalue weighted by Gasteiger charge is -2.22. The minimum absolute atomic E-state index is 0.0163. The molecular formula is C12H12BNO5. The predicted octanol–water partition coefficient (Wildman–Crippen LogP) is 0.717. The molecule has 2 rings (SSSR count). The highest BCUT2D eigenvalue weighted by Crippen LogP contribution is 2.29. The second kappa shape index (κ2) is 5.23. The quantitative estimate of drug-likeness (QED) is 0.764. The number of benzene rings is 1. The highest BCUT2D eigenvalue weighted by atomic mass is 16.5. The molecule has 0 fully saturated rings. The van der Waals surface area contributed by atoms with Crippen molar-refractivity contribution >= 4 is 24.6 Å². The van der Waals surface area contributed by atoms with E-state index in [-0.39, 0.29) is 35.7 Å². The molecular weight excluding hydrogens is 249 g/mol. The van der Waals surface area contributed by atoms with E-state index in [1.54, 1.807) is 19.1 Å². The molecule has 0 bridgehead atoms. The van der Waals surface area contributed by atoms with Gasteiger partial charge in [0.25, 0.3) is 0 Å². The Kier molecular flexibility index (Phi) is 3.66. The average Bonchev–Trinajstić information content (AvgIpc) is 2.38. The molecule has 0 saturated heterocycles. The zero-order chi connectivity index (χ0) is 14.0. The normalized spacial score (nSPS) is 15.9. The standard InChI is InChI=1S/C12H12BNO5/c1-2-10(15)14-9-6-7-4-3-5-8(12(16)17)11(7)19-13(9)18/h3-5,18H,2,6H2,1H3,(H,16,17). The van der Waals surface area contributed by atoms with Crippen molar-refractivity contribution in [3.63, 3.8) is 0 Å². The number of rotatable bonds is 2. The molecule has 1 aliphatic rings. The van der Waals surface area contributed by atoms with Gasteiger partial charge in [-0.1, -0.05) is 19.1 Å². The van der Waals surface area contributed by atoms with Gasteiger partial charge in [0.1, 0.15) is 5.75 Å². The Morgan fingerprint density at radius 2 is 2.21 bits per heavy atom. The number of aromatic carboxylic acids is 1. The SMILES string of the molecule is CCC(=O)N=C1Cc2cccc(C(=O)O)c2OB1O. The van der Waals surface area contributed by atoms with Crippen molar-refractivity contribution in [2.24, 2.45) is 4.99 Å². The first-order valence-corrected chi connectivity index (χ1v) is 5.83. The minimum Gasteiger partial charge on any atom is -0.531 e. The molecule has 0 atom stereocenters. The number of nitrogens with zero attached hydrogens (tertiary/aromatic N) is 1. The van der Waals surface area contributed by atoms with Gasteiger partial charge in [-0.2, -0.15) is 0 Å². The Labute approximate surface area is 109 Å². The molecule has 0 saturated carbocycles. The topological polar surface area (TPSA) is 96.2 Å². The van der Waals surface area contributed by atoms with E-state index in [0.29, 0.717) is 5.56 Å². The van der Waals surface area contributed by atoms with Crippen LogP contribution in [0, 0.1) is 0 Å². The molecule has 19 heavy (non-hydrogen) atoms. The zero-order valence-electron chi connectivity index (χ0n) is 10.3. The summed E-state index contributed by atoms with van der Waals surface area (Å²) in [7, 11) is -1.39. The van der Waals surface area contributed by atoms with E-state index in [0.717, 1.165) is 0 Å². The Balaban J connectivity index is 2.40. The number of hydrogen-bond acceptors (Lipinski definition) is 4. The van der Waals surface area contributed by atoms with Gasteiger partial charge >= 0.3 is 13.1 Å². The van der Waals surface area contributed by atoms with Crippen molar-refractivity contribution in [3.8, 4) is 5.75 Å². The fraction of sp³-hybridized carbons (Fsp3) is 0.250. The lowest BCUT2D eigenvalue weighted by Crippen LogP contribution is -2.39. The van der Waals surface area contributed by atoms with Crippen LogP contribution in [0.5, 0.6) is 5.75 Å². The van der Waals surface area contributed by atoms with E-state index in [9.17, 15) is 14.6 Å². The number of hydrogen-bond donors (Lipinski definition) is 2. The maximum Gasteiger partial charge on any atom is 0.575 e. The van der Waals surface area contributed by atoms with Crippen LogP contribution in [-0.2, 0) is 11.2 Å². The predicted molar refractivity (Wildman–Crippen MR) is 68.4 cm³/mol. The first kappa shape index (κ1) is 13.3. The summed E-state index contributed by atoms with van der Waals surface area (Å²) in [5, 5.41) is 18.8. The number of para-hydroxylation sites is 1. The van der Waals surface area contributed by atoms with Crippen LogP contribution in [0.1, 0.15) is 29.3 Å². The van der Waals surface area contributed by atoms with E-state index in [1.165, 1.54) is 6.07 Å². The summed E-state index contributed by atoms with van der Waals surface area (Å²) >= 11 is 0. The fourth-order valence-corrected chi connectivity index (χ4v) is 1.83. The van der Waals surface area contributed by atoms with Crippen molar-refractivity contribution < 1.29 is 24.4 Å². The third-order valence-corrected chi connectivity index (χ3v) is 2.78. The van der Waals surface area contributed by atoms with Gasteiger partial charge in [0, 0.05) is 12.8 Å². The Morgan fingerprint density at radius 1 is 1.47 bits per heavy atom. The number of fused-ring (bicyclic) bond motifs is 1. The Bertz CT molecular complexity index is 569. The summed E-state index contributed by atoms with van der Waals surface area (Å²) in [6, 6.07) is 4.66. The van der Waals surface area contributed by atoms with E-state index in [1.807, 2.05) is 0 Å². The summed E-state index contributed by atoms with van der Waals surface area (Å²) in [4.78, 5) is 26.1. The van der Waals surface area contributed by atoms with Gasteiger partial charge in [-0.25, -0.2) is 9.79 Å². The summed E-state index contributed by atoms with van der Waals surface area (Å²) in [6.45, 7) is 1.67. The Morgan fingerprint density at radius 3 is 2.84 bits per heavy atom. The lowest BCUT2D eigenvalue weighted by molar-refractivity contribution is -0.117. The van der Waals surface area contributed by atoms with Gasteiger partial charge in [-0.15, -0.1) is 0 Å². The summed E-state index contributed by atoms with van der Waals surface area (Å²) in [5.74, 6) is -1.35. The van der Waals surface area contributed by atoms with E-state index < -0.39 is 13.1 Å². The zero-order valence-corrected chi connectivity index (χ0v) is 10.3. The number of carboxylic acids is 1. The lowest BCUT2D eigenvalue weighted by atomic mass is 9.75. The van der Waals surface area contributed by atoms with Crippen molar-refractivity contribution in [2.45, 2.75) is 19.8 Å². The molecule has 98 valence electrons. The molecule has 0 aliphatic carbocycles. The van der Waals surface area contributed by atoms with Crippen molar-refractivity contribution in [2.75, 3.05) is 0 Å². The second-order valence-electron chi connectivity index (χ2n) is 4.10. The van der Waals surface area contributed by atoms with Crippen LogP contribution in [0.4, 0.5) is 0 Å². The highest BCUT2D eigenvalue weighted by Gasteiger charge is 2.33. The Hall–Kier alpha value is -2.15. The summed E-state index contributed by atoms with van der Waals surface area (Å²) in [6.07, 6.45) is 0.432. The summed E-state index contributed by atoms with van der Waals surface area (Å²) < 4.78 is 5.17. The molecule has 7 heteroatoms. The molecule has 0 unspecified atom stereocenters. The molecule has 1 heterocycles. The molecule has 1 aliphatic heterocycles. The van der Waals surface area contributed by atoms with Gasteiger partial charge in [0.15, 0.2) is 0 Å². The number of amides is 1. The largest absolute Gasteiger partial charge is 0.575 e. The third kappa shape index (κ3) is 2.66. The number of aliphatic imine (C=N–C) groups is 1. The fourth-order valence-electron chi connectivity index (χ4n) is 1.83. The average molecular weight is 261 g/mol. The second-order valence-corrected chi connectivity index (χ2v) is 4.10. The smallest absolute Gasteiger partial charge is 0.531 e. The van der Waals surface area contributed by atoms with Crippen molar-refractivity contribution in [1.82, 2.24) is 0 Å². The van der Waals surface area contributed by atoms with Gasteiger partial charge in [0.2, 0.25) is 5.91 Å². The van der Waals surface area contributed by atoms with Crippen LogP contribution in [0.25, 0.3) is 0 Å². The van der Waals surface area contributed by atoms with Crippen LogP contribution in [-0.4, -0.2) is 34.7 Å². The van der Waals surface area contributed by atoms with Crippen LogP contribution in [0.3, 0.4) is 0 Å². The molecule has 1 aromatic carbocycles. The molecule has 1 aromatic rings. The first-order chi connectivity index (χ1) is 9.02. The summed E-state index contributed by atoms with van der Waals surface area (Å²) in [5.41, 5.74) is 0.771. The number of carboxylic acid groups (broad SMARTS) is 1. The third-order valence-electron chi connectivity index (χ3n) is 2.78. The molecule has 0 radical (unpaired) electrons. The minimum atomic E-state index is -1.39. The maximum atomic E-state index is 11.3. The van der Waals surface area contributed by atoms with Crippen LogP contribution >= 0.6 is 0 Å². The van der Waals surface area contributed by atoms with Gasteiger partial charge in [-0.3, -0.25) is 4.79 Å². The molecule has 0 spiro atoms. The van der Waals surface area contributed by atoms with Gasteiger partial charge < -0.3 is 14.8 Å². The molecule has 1 amide bonds. The van der Waals surface area contributed by atoms with Crippen molar-refractivity contribution in [3.05, 3.63) is 29.3 Å². The van der Waals surface area contributed by atoms with E-state index in [4.69, 9.17) is 9.76 Å². The van der Waals surface area contributed by atoms with Crippen molar-refractivity contribution in [1.29, 1.82) is 0 Å². The molecule has 0 aromatic heterocycles. The first-order valence-electron chi connectivity index (χ1n) is 5.83. The number of carbonyl (C=O) groups excluding carboxylic acids is 1.